The van der Waals surface area contributed by atoms with Crippen molar-refractivity contribution in [1.29, 1.82) is 5.53 Å². The fraction of sp³-hybridized carbons (Fsp3) is 0.118. The van der Waals surface area contributed by atoms with Gasteiger partial charge in [-0.05, 0) is 18.2 Å². The molecule has 29 heavy (non-hydrogen) atoms. The van der Waals surface area contributed by atoms with Crippen LogP contribution in [0.25, 0.3) is 11.3 Å². The molecule has 0 saturated heterocycles. The van der Waals surface area contributed by atoms with Crippen molar-refractivity contribution in [1.82, 2.24) is 20.2 Å². The van der Waals surface area contributed by atoms with Crippen molar-refractivity contribution in [3.63, 3.8) is 0 Å². The predicted molar refractivity (Wildman–Crippen MR) is 95.0 cm³/mol. The number of nitrogens with one attached hydrogen (secondary N) is 3. The Labute approximate surface area is 162 Å². The Morgan fingerprint density at radius 1 is 1.28 bits per heavy atom. The molecule has 0 unspecified atom stereocenters. The standard InChI is InChI=1S/C17H14F3N7O2/c18-13-2-1-11(5-15(13)29-16(19)20)22-8-12(26-21)9-28-17-23-6-10(7-24-17)14-3-4-25-27-14/h1-8,16,21-22H,9H2,(H,25,27)/b12-8-,26-21?. The molecule has 1 aromatic carbocycles. The molecule has 0 aliphatic heterocycles. The van der Waals surface area contributed by atoms with Crippen LogP contribution in [0.5, 0.6) is 11.8 Å². The minimum Gasteiger partial charge on any atom is -0.457 e. The molecule has 0 aliphatic carbocycles. The first kappa shape index (κ1) is 19.8. The maximum Gasteiger partial charge on any atom is 0.387 e. The number of hydrogen-bond acceptors (Lipinski definition) is 8. The summed E-state index contributed by atoms with van der Waals surface area (Å²) >= 11 is 0. The number of ether oxygens (including phenoxy) is 2. The molecule has 3 aromatic rings. The van der Waals surface area contributed by atoms with Gasteiger partial charge >= 0.3 is 12.6 Å². The third kappa shape index (κ3) is 5.51. The van der Waals surface area contributed by atoms with E-state index in [9.17, 15) is 13.2 Å². The lowest BCUT2D eigenvalue weighted by Gasteiger charge is -2.09. The van der Waals surface area contributed by atoms with Crippen LogP contribution in [-0.2, 0) is 0 Å². The average molecular weight is 405 g/mol. The van der Waals surface area contributed by atoms with Crippen molar-refractivity contribution in [3.05, 3.63) is 60.6 Å². The van der Waals surface area contributed by atoms with E-state index < -0.39 is 18.2 Å². The van der Waals surface area contributed by atoms with E-state index in [0.717, 1.165) is 23.4 Å². The van der Waals surface area contributed by atoms with Gasteiger partial charge in [0.15, 0.2) is 11.6 Å². The average Bonchev–Trinajstić information content (AvgIpc) is 3.25. The van der Waals surface area contributed by atoms with Crippen molar-refractivity contribution in [3.8, 4) is 23.0 Å². The van der Waals surface area contributed by atoms with Gasteiger partial charge in [-0.1, -0.05) is 0 Å². The summed E-state index contributed by atoms with van der Waals surface area (Å²) in [6.45, 7) is -3.29. The largest absolute Gasteiger partial charge is 0.457 e. The van der Waals surface area contributed by atoms with Crippen LogP contribution in [0.3, 0.4) is 0 Å². The molecule has 0 fully saturated rings. The van der Waals surface area contributed by atoms with Gasteiger partial charge < -0.3 is 14.8 Å². The van der Waals surface area contributed by atoms with Crippen LogP contribution < -0.4 is 14.8 Å². The lowest BCUT2D eigenvalue weighted by molar-refractivity contribution is -0.0521. The molecular formula is C17H14F3N7O2. The van der Waals surface area contributed by atoms with Crippen molar-refractivity contribution in [2.75, 3.05) is 11.9 Å². The van der Waals surface area contributed by atoms with E-state index in [1.165, 1.54) is 12.3 Å². The number of nitrogens with zero attached hydrogens (tertiary/aromatic N) is 4. The van der Waals surface area contributed by atoms with Gasteiger partial charge in [-0.15, -0.1) is 0 Å². The number of H-pyrrole nitrogens is 1. The summed E-state index contributed by atoms with van der Waals surface area (Å²) in [5.74, 6) is -1.53. The highest BCUT2D eigenvalue weighted by Gasteiger charge is 2.10. The van der Waals surface area contributed by atoms with E-state index >= 15 is 0 Å². The number of aromatic amines is 1. The monoisotopic (exact) mass is 405 g/mol. The summed E-state index contributed by atoms with van der Waals surface area (Å²) in [6, 6.07) is 5.16. The van der Waals surface area contributed by atoms with Crippen molar-refractivity contribution >= 4 is 5.69 Å². The minimum absolute atomic E-state index is 0.0669. The molecule has 2 aromatic heterocycles. The summed E-state index contributed by atoms with van der Waals surface area (Å²) in [6.07, 6.45) is 5.98. The summed E-state index contributed by atoms with van der Waals surface area (Å²) in [4.78, 5) is 8.09. The Kier molecular flexibility index (Phi) is 6.35. The minimum atomic E-state index is -3.15. The van der Waals surface area contributed by atoms with Gasteiger partial charge in [-0.3, -0.25) is 5.10 Å². The SMILES string of the molecule is N=N/C(=C\Nc1ccc(F)c(OC(F)F)c1)COc1ncc(-c2ccn[nH]2)cn1. The lowest BCUT2D eigenvalue weighted by atomic mass is 10.2. The van der Waals surface area contributed by atoms with E-state index in [1.807, 2.05) is 0 Å². The van der Waals surface area contributed by atoms with E-state index in [0.29, 0.717) is 0 Å². The summed E-state index contributed by atoms with van der Waals surface area (Å²) in [7, 11) is 0. The summed E-state index contributed by atoms with van der Waals surface area (Å²) in [5, 5.41) is 12.6. The molecule has 0 saturated carbocycles. The van der Waals surface area contributed by atoms with Crippen LogP contribution in [0.15, 0.2) is 59.9 Å². The smallest absolute Gasteiger partial charge is 0.387 e. The second-order valence-corrected chi connectivity index (χ2v) is 5.43. The fourth-order valence-corrected chi connectivity index (χ4v) is 2.14. The van der Waals surface area contributed by atoms with Crippen LogP contribution in [0, 0.1) is 11.3 Å². The quantitative estimate of drug-likeness (QED) is 0.463. The molecule has 3 rings (SSSR count). The molecule has 12 heteroatoms. The maximum atomic E-state index is 13.4. The molecule has 9 nitrogen and oxygen atoms in total. The van der Waals surface area contributed by atoms with Crippen LogP contribution in [-0.4, -0.2) is 33.4 Å². The second kappa shape index (κ2) is 9.30. The molecule has 0 bridgehead atoms. The van der Waals surface area contributed by atoms with Gasteiger partial charge in [0.25, 0.3) is 0 Å². The van der Waals surface area contributed by atoms with Gasteiger partial charge in [0.05, 0.1) is 5.69 Å². The number of hydrogen-bond donors (Lipinski definition) is 3. The van der Waals surface area contributed by atoms with Crippen LogP contribution in [0.2, 0.25) is 0 Å². The number of anilines is 1. The van der Waals surface area contributed by atoms with Gasteiger partial charge in [-0.25, -0.2) is 19.9 Å². The number of rotatable bonds is 9. The van der Waals surface area contributed by atoms with E-state index in [-0.39, 0.29) is 24.0 Å². The number of benzene rings is 1. The van der Waals surface area contributed by atoms with E-state index in [2.05, 4.69) is 35.3 Å². The highest BCUT2D eigenvalue weighted by Crippen LogP contribution is 2.24. The Morgan fingerprint density at radius 2 is 2.07 bits per heavy atom. The summed E-state index contributed by atoms with van der Waals surface area (Å²) < 4.78 is 47.4. The number of halogens is 3. The van der Waals surface area contributed by atoms with Gasteiger partial charge in [0.1, 0.15) is 12.3 Å². The first-order valence-corrected chi connectivity index (χ1v) is 8.07. The zero-order valence-electron chi connectivity index (χ0n) is 14.6. The molecule has 3 N–H and O–H groups in total. The van der Waals surface area contributed by atoms with E-state index in [4.69, 9.17) is 10.3 Å². The highest BCUT2D eigenvalue weighted by atomic mass is 19.3. The molecular weight excluding hydrogens is 391 g/mol. The van der Waals surface area contributed by atoms with Crippen LogP contribution >= 0.6 is 0 Å². The highest BCUT2D eigenvalue weighted by molar-refractivity contribution is 5.55. The van der Waals surface area contributed by atoms with Gasteiger partial charge in [-0.2, -0.15) is 19.0 Å². The molecule has 0 atom stereocenters. The lowest BCUT2D eigenvalue weighted by Crippen LogP contribution is -2.05. The Hall–Kier alpha value is -3.96. The molecule has 0 radical (unpaired) electrons. The van der Waals surface area contributed by atoms with Crippen molar-refractivity contribution < 1.29 is 22.6 Å². The molecule has 0 aliphatic rings. The first-order valence-electron chi connectivity index (χ1n) is 8.07. The third-order valence-corrected chi connectivity index (χ3v) is 3.49. The molecule has 150 valence electrons. The van der Waals surface area contributed by atoms with Crippen LogP contribution in [0.1, 0.15) is 0 Å². The molecule has 0 spiro atoms. The Bertz CT molecular complexity index is 979. The van der Waals surface area contributed by atoms with Crippen LogP contribution in [0.4, 0.5) is 18.9 Å². The summed E-state index contributed by atoms with van der Waals surface area (Å²) in [5.41, 5.74) is 9.05. The fourth-order valence-electron chi connectivity index (χ4n) is 2.14. The number of alkyl halides is 2. The third-order valence-electron chi connectivity index (χ3n) is 3.49. The number of aromatic nitrogens is 4. The Morgan fingerprint density at radius 3 is 2.72 bits per heavy atom. The second-order valence-electron chi connectivity index (χ2n) is 5.43. The normalized spacial score (nSPS) is 11.4. The van der Waals surface area contributed by atoms with E-state index in [1.54, 1.807) is 24.7 Å². The van der Waals surface area contributed by atoms with Gasteiger partial charge in [0, 0.05) is 42.1 Å². The zero-order chi connectivity index (χ0) is 20.6. The van der Waals surface area contributed by atoms with Crippen molar-refractivity contribution in [2.45, 2.75) is 6.61 Å². The molecule has 2 heterocycles. The van der Waals surface area contributed by atoms with Crippen molar-refractivity contribution in [2.24, 2.45) is 5.11 Å². The Balaban J connectivity index is 1.60. The van der Waals surface area contributed by atoms with Gasteiger partial charge in [0.2, 0.25) is 0 Å². The molecule has 0 amide bonds. The maximum absolute atomic E-state index is 13.4. The topological polar surface area (TPSA) is 121 Å². The zero-order valence-corrected chi connectivity index (χ0v) is 14.6. The predicted octanol–water partition coefficient (Wildman–Crippen LogP) is 3.97. The first-order chi connectivity index (χ1) is 14.0.